The van der Waals surface area contributed by atoms with Crippen molar-refractivity contribution in [2.24, 2.45) is 0 Å². The molecule has 0 spiro atoms. The molecule has 0 aliphatic carbocycles. The number of hydrogen-bond donors (Lipinski definition) is 0. The molecule has 0 nitrogen and oxygen atoms in total. The van der Waals surface area contributed by atoms with Crippen LogP contribution in [0.5, 0.6) is 0 Å². The second kappa shape index (κ2) is 8.94. The maximum Gasteiger partial charge on any atom is 0.137 e. The van der Waals surface area contributed by atoms with E-state index in [-0.39, 0.29) is 0 Å². The first-order chi connectivity index (χ1) is 10.9. The predicted octanol–water partition coefficient (Wildman–Crippen LogP) is 10.8. The molecule has 0 unspecified atom stereocenters. The smallest absolute Gasteiger partial charge is 0.0644 e. The Kier molecular flexibility index (Phi) is 8.76. The van der Waals surface area contributed by atoms with Crippen molar-refractivity contribution in [3.05, 3.63) is 62.2 Å². The first-order valence-corrected chi connectivity index (χ1v) is 13.9. The highest BCUT2D eigenvalue weighted by Gasteiger charge is 2.51. The molecule has 0 N–H and O–H groups in total. The van der Waals surface area contributed by atoms with Crippen LogP contribution >= 0.6 is 159 Å². The molecule has 0 atom stereocenters. The average Bonchev–Trinajstić information content (AvgIpc) is 2.51. The lowest BCUT2D eigenvalue weighted by molar-refractivity contribution is 0.827. The van der Waals surface area contributed by atoms with Crippen LogP contribution in [0, 0.1) is 0 Å². The van der Waals surface area contributed by atoms with Gasteiger partial charge >= 0.3 is 0 Å². The summed E-state index contributed by atoms with van der Waals surface area (Å²) in [6.07, 6.45) is 0. The molecule has 130 valence electrons. The molecule has 2 aromatic carbocycles. The maximum absolute atomic E-state index is 3.86. The Morgan fingerprint density at radius 2 is 0.958 bits per heavy atom. The van der Waals surface area contributed by atoms with Crippen LogP contribution in [0.3, 0.4) is 0 Å². The van der Waals surface area contributed by atoms with E-state index in [0.717, 1.165) is 38.0 Å². The van der Waals surface area contributed by atoms with Crippen molar-refractivity contribution in [2.45, 2.75) is 6.47 Å². The summed E-state index contributed by atoms with van der Waals surface area (Å²) >= 11 is 37.2. The quantitative estimate of drug-likeness (QED) is 0.163. The molecule has 0 aromatic heterocycles. The molecule has 0 amide bonds. The summed E-state index contributed by atoms with van der Waals surface area (Å²) in [7, 11) is 0. The molecule has 0 aliphatic rings. The average molecular weight is 971 g/mol. The summed E-state index contributed by atoms with van der Waals surface area (Å²) in [5.74, 6) is 0. The van der Waals surface area contributed by atoms with Gasteiger partial charge in [-0.2, -0.15) is 0 Å². The minimum Gasteiger partial charge on any atom is -0.0644 e. The summed E-state index contributed by atoms with van der Waals surface area (Å²) in [5, 5.41) is 0. The van der Waals surface area contributed by atoms with Crippen LogP contribution in [0.15, 0.2) is 51.1 Å². The highest BCUT2D eigenvalue weighted by Crippen LogP contribution is 2.65. The summed E-state index contributed by atoms with van der Waals surface area (Å²) in [5.41, 5.74) is 1.97. The summed E-state index contributed by atoms with van der Waals surface area (Å²) in [6.45, 7) is 0. The van der Waals surface area contributed by atoms with Gasteiger partial charge in [0.2, 0.25) is 0 Å². The molecule has 0 radical (unpaired) electrons. The fourth-order valence-electron chi connectivity index (χ4n) is 1.92. The molecule has 0 fully saturated rings. The molecule has 24 heavy (non-hydrogen) atoms. The van der Waals surface area contributed by atoms with E-state index in [2.05, 4.69) is 159 Å². The predicted molar refractivity (Wildman–Crippen MR) is 138 cm³/mol. The summed E-state index contributed by atoms with van der Waals surface area (Å²) in [4.78, 5) is 0. The van der Waals surface area contributed by atoms with E-state index in [9.17, 15) is 0 Å². The fraction of sp³-hybridized carbons (Fsp3) is 0.143. The molecule has 0 aliphatic heterocycles. The third-order valence-electron chi connectivity index (χ3n) is 3.13. The van der Waals surface area contributed by atoms with Crippen molar-refractivity contribution in [1.82, 2.24) is 0 Å². The van der Waals surface area contributed by atoms with Crippen molar-refractivity contribution < 1.29 is 0 Å². The largest absolute Gasteiger partial charge is 0.137 e. The zero-order chi connectivity index (χ0) is 18.4. The molecular weight excluding hydrogens is 967 g/mol. The summed E-state index contributed by atoms with van der Waals surface area (Å²) in [6, 6.07) is 8.01. The minimum absolute atomic E-state index is 0.662. The van der Waals surface area contributed by atoms with Crippen molar-refractivity contribution in [2.75, 3.05) is 0 Å². The Morgan fingerprint density at radius 1 is 0.542 bits per heavy atom. The van der Waals surface area contributed by atoms with Crippen LogP contribution in [0.1, 0.15) is 11.1 Å². The maximum atomic E-state index is 3.86. The van der Waals surface area contributed by atoms with E-state index in [4.69, 9.17) is 0 Å². The van der Waals surface area contributed by atoms with Crippen molar-refractivity contribution in [3.63, 3.8) is 0 Å². The number of alkyl halides is 4. The van der Waals surface area contributed by atoms with Crippen molar-refractivity contribution in [1.29, 1.82) is 0 Å². The topological polar surface area (TPSA) is 0 Å². The van der Waals surface area contributed by atoms with E-state index < -0.39 is 6.47 Å². The van der Waals surface area contributed by atoms with Crippen LogP contribution in [-0.2, 0) is 6.47 Å². The van der Waals surface area contributed by atoms with E-state index in [1.165, 1.54) is 0 Å². The Balaban J connectivity index is 2.78. The normalized spacial score (nSPS) is 12.6. The Labute approximate surface area is 224 Å². The number of benzene rings is 2. The number of halogens is 10. The highest BCUT2D eigenvalue weighted by molar-refractivity contribution is 9.29. The van der Waals surface area contributed by atoms with E-state index in [0.29, 0.717) is 0 Å². The molecular formula is C14H4Br10. The van der Waals surface area contributed by atoms with Gasteiger partial charge in [-0.3, -0.25) is 0 Å². The molecule has 0 saturated heterocycles. The molecule has 2 rings (SSSR count). The van der Waals surface area contributed by atoms with Crippen molar-refractivity contribution in [3.8, 4) is 0 Å². The first-order valence-electron chi connectivity index (χ1n) is 5.97. The van der Waals surface area contributed by atoms with Gasteiger partial charge in [0.15, 0.2) is 0 Å². The van der Waals surface area contributed by atoms with Gasteiger partial charge in [0.05, 0.1) is 0 Å². The Morgan fingerprint density at radius 3 is 1.42 bits per heavy atom. The lowest BCUT2D eigenvalue weighted by Crippen LogP contribution is -2.31. The van der Waals surface area contributed by atoms with Gasteiger partial charge in [0.1, 0.15) is 6.47 Å². The third-order valence-corrected chi connectivity index (χ3v) is 16.1. The zero-order valence-electron chi connectivity index (χ0n) is 11.1. The zero-order valence-corrected chi connectivity index (χ0v) is 26.9. The van der Waals surface area contributed by atoms with Gasteiger partial charge in [0, 0.05) is 32.4 Å². The van der Waals surface area contributed by atoms with Crippen LogP contribution in [0.4, 0.5) is 0 Å². The number of hydrogen-bond acceptors (Lipinski definition) is 0. The monoisotopic (exact) mass is 961 g/mol. The molecule has 2 aromatic rings. The highest BCUT2D eigenvalue weighted by atomic mass is 79.9. The first kappa shape index (κ1) is 23.5. The van der Waals surface area contributed by atoms with Gasteiger partial charge in [0.25, 0.3) is 0 Å². The fourth-order valence-corrected chi connectivity index (χ4v) is 10.1. The molecule has 0 heterocycles. The lowest BCUT2D eigenvalue weighted by Gasteiger charge is -2.37. The second-order valence-corrected chi connectivity index (χ2v) is 16.3. The van der Waals surface area contributed by atoms with E-state index in [1.807, 2.05) is 24.3 Å². The Bertz CT molecular complexity index is 767. The van der Waals surface area contributed by atoms with Crippen LogP contribution in [0.25, 0.3) is 0 Å². The van der Waals surface area contributed by atoms with Crippen LogP contribution < -0.4 is 0 Å². The van der Waals surface area contributed by atoms with Gasteiger partial charge in [-0.1, -0.05) is 97.8 Å². The minimum atomic E-state index is -0.708. The van der Waals surface area contributed by atoms with Gasteiger partial charge in [-0.05, 0) is 91.3 Å². The van der Waals surface area contributed by atoms with Gasteiger partial charge in [-0.15, -0.1) is 0 Å². The second-order valence-electron chi connectivity index (χ2n) is 4.57. The van der Waals surface area contributed by atoms with Crippen molar-refractivity contribution >= 4 is 159 Å². The van der Waals surface area contributed by atoms with Gasteiger partial charge in [-0.25, -0.2) is 0 Å². The lowest BCUT2D eigenvalue weighted by atomic mass is 10.0. The molecule has 10 heteroatoms. The summed E-state index contributed by atoms with van der Waals surface area (Å²) < 4.78 is 4.12. The van der Waals surface area contributed by atoms with Crippen LogP contribution in [-0.4, -0.2) is 0 Å². The standard InChI is InChI=1S/C14H4Br10/c15-6-4-2-1-3-5(6)13(21,22)14(23,24)7-8(16)10(18)12(20)11(19)9(7)17/h1-4H. The molecule has 0 saturated carbocycles. The Hall–Kier alpha value is 3.24. The SMILES string of the molecule is Brc1ccccc1C(Br)(Br)C(Br)(Br)c1c(Br)c(Br)c(Br)c(Br)c1Br. The molecule has 0 bridgehead atoms. The van der Waals surface area contributed by atoms with E-state index >= 15 is 0 Å². The van der Waals surface area contributed by atoms with Gasteiger partial charge < -0.3 is 0 Å². The third kappa shape index (κ3) is 4.23. The van der Waals surface area contributed by atoms with E-state index in [1.54, 1.807) is 0 Å². The number of rotatable bonds is 3. The van der Waals surface area contributed by atoms with Crippen LogP contribution in [0.2, 0.25) is 0 Å².